The van der Waals surface area contributed by atoms with Gasteiger partial charge >= 0.3 is 0 Å². The summed E-state index contributed by atoms with van der Waals surface area (Å²) in [6, 6.07) is 4.29. The van der Waals surface area contributed by atoms with Gasteiger partial charge in [-0.15, -0.1) is 0 Å². The summed E-state index contributed by atoms with van der Waals surface area (Å²) in [5.41, 5.74) is 2.68. The van der Waals surface area contributed by atoms with Gasteiger partial charge in [-0.1, -0.05) is 13.8 Å². The second-order valence-electron chi connectivity index (χ2n) is 4.99. The van der Waals surface area contributed by atoms with Crippen molar-refractivity contribution >= 4 is 11.3 Å². The topological polar surface area (TPSA) is 29.9 Å². The number of rotatable bonds is 6. The Bertz CT molecular complexity index is 459. The lowest BCUT2D eigenvalue weighted by Crippen LogP contribution is -2.25. The quantitative estimate of drug-likeness (QED) is 0.868. The Morgan fingerprint density at radius 1 is 1.39 bits per heavy atom. The monoisotopic (exact) mass is 263 g/mol. The van der Waals surface area contributed by atoms with Crippen molar-refractivity contribution in [2.75, 3.05) is 6.54 Å². The van der Waals surface area contributed by atoms with Crippen molar-refractivity contribution in [3.63, 3.8) is 0 Å². The van der Waals surface area contributed by atoms with Crippen LogP contribution < -0.4 is 5.32 Å². The molecule has 0 aromatic carbocycles. The van der Waals surface area contributed by atoms with E-state index in [0.717, 1.165) is 13.1 Å². The minimum atomic E-state index is 0.510. The third kappa shape index (κ3) is 3.21. The van der Waals surface area contributed by atoms with E-state index in [1.807, 2.05) is 17.9 Å². The zero-order valence-electron chi connectivity index (χ0n) is 11.3. The van der Waals surface area contributed by atoms with Crippen LogP contribution in [0.3, 0.4) is 0 Å². The molecule has 4 heteroatoms. The lowest BCUT2D eigenvalue weighted by Gasteiger charge is -2.21. The normalized spacial score (nSPS) is 13.1. The van der Waals surface area contributed by atoms with Gasteiger partial charge in [0.25, 0.3) is 0 Å². The maximum absolute atomic E-state index is 4.27. The molecule has 0 radical (unpaired) electrons. The summed E-state index contributed by atoms with van der Waals surface area (Å²) in [5, 5.41) is 12.1. The molecule has 98 valence electrons. The Kier molecular flexibility index (Phi) is 4.55. The third-order valence-electron chi connectivity index (χ3n) is 3.32. The highest BCUT2D eigenvalue weighted by molar-refractivity contribution is 7.07. The Morgan fingerprint density at radius 2 is 2.22 bits per heavy atom. The summed E-state index contributed by atoms with van der Waals surface area (Å²) in [5.74, 6) is 1.12. The van der Waals surface area contributed by atoms with Gasteiger partial charge in [-0.3, -0.25) is 4.68 Å². The van der Waals surface area contributed by atoms with Gasteiger partial charge in [0, 0.05) is 37.9 Å². The van der Waals surface area contributed by atoms with Gasteiger partial charge in [-0.2, -0.15) is 16.4 Å². The molecule has 0 bridgehead atoms. The van der Waals surface area contributed by atoms with Crippen LogP contribution in [0.2, 0.25) is 0 Å². The molecular weight excluding hydrogens is 242 g/mol. The fraction of sp³-hybridized carbons (Fsp3) is 0.500. The molecule has 2 rings (SSSR count). The van der Waals surface area contributed by atoms with E-state index in [4.69, 9.17) is 0 Å². The minimum Gasteiger partial charge on any atom is -0.312 e. The van der Waals surface area contributed by atoms with E-state index >= 15 is 0 Å². The number of thiophene rings is 1. The van der Waals surface area contributed by atoms with Crippen molar-refractivity contribution in [3.8, 4) is 0 Å². The summed E-state index contributed by atoms with van der Waals surface area (Å²) in [4.78, 5) is 0. The highest BCUT2D eigenvalue weighted by Crippen LogP contribution is 2.23. The van der Waals surface area contributed by atoms with Gasteiger partial charge in [0.1, 0.15) is 0 Å². The van der Waals surface area contributed by atoms with Crippen molar-refractivity contribution in [1.29, 1.82) is 0 Å². The maximum atomic E-state index is 4.27. The van der Waals surface area contributed by atoms with Crippen LogP contribution in [0.15, 0.2) is 29.1 Å². The van der Waals surface area contributed by atoms with Gasteiger partial charge in [-0.25, -0.2) is 0 Å². The smallest absolute Gasteiger partial charge is 0.0492 e. The number of hydrogen-bond donors (Lipinski definition) is 1. The van der Waals surface area contributed by atoms with E-state index in [2.05, 4.69) is 47.2 Å². The van der Waals surface area contributed by atoms with Crippen LogP contribution in [-0.2, 0) is 13.6 Å². The zero-order valence-corrected chi connectivity index (χ0v) is 12.1. The molecule has 0 spiro atoms. The van der Waals surface area contributed by atoms with Crippen LogP contribution in [0.5, 0.6) is 0 Å². The van der Waals surface area contributed by atoms with Gasteiger partial charge < -0.3 is 5.32 Å². The second-order valence-corrected chi connectivity index (χ2v) is 5.77. The number of aryl methyl sites for hydroxylation is 1. The first-order valence-electron chi connectivity index (χ1n) is 6.38. The Hall–Kier alpha value is -1.13. The van der Waals surface area contributed by atoms with E-state index in [0.29, 0.717) is 11.8 Å². The van der Waals surface area contributed by atoms with Crippen LogP contribution >= 0.6 is 11.3 Å². The highest BCUT2D eigenvalue weighted by atomic mass is 32.1. The van der Waals surface area contributed by atoms with E-state index in [-0.39, 0.29) is 0 Å². The zero-order chi connectivity index (χ0) is 13.0. The SMILES string of the molecule is CC(C)C(CNCc1ccsc1)c1ccnn1C. The predicted octanol–water partition coefficient (Wildman–Crippen LogP) is 3.01. The molecule has 3 nitrogen and oxygen atoms in total. The summed E-state index contributed by atoms with van der Waals surface area (Å²) >= 11 is 1.75. The summed E-state index contributed by atoms with van der Waals surface area (Å²) < 4.78 is 1.98. The van der Waals surface area contributed by atoms with Crippen LogP contribution in [0.1, 0.15) is 31.0 Å². The lowest BCUT2D eigenvalue weighted by molar-refractivity contribution is 0.437. The van der Waals surface area contributed by atoms with Gasteiger partial charge in [0.15, 0.2) is 0 Å². The molecule has 0 aliphatic carbocycles. The van der Waals surface area contributed by atoms with Gasteiger partial charge in [-0.05, 0) is 34.4 Å². The molecule has 0 saturated carbocycles. The molecule has 2 aromatic heterocycles. The maximum Gasteiger partial charge on any atom is 0.0492 e. The van der Waals surface area contributed by atoms with Gasteiger partial charge in [0.05, 0.1) is 0 Å². The number of hydrogen-bond acceptors (Lipinski definition) is 3. The molecule has 0 aliphatic heterocycles. The Morgan fingerprint density at radius 3 is 2.78 bits per heavy atom. The molecule has 1 unspecified atom stereocenters. The minimum absolute atomic E-state index is 0.510. The number of nitrogens with zero attached hydrogens (tertiary/aromatic N) is 2. The first kappa shape index (κ1) is 13.3. The lowest BCUT2D eigenvalue weighted by atomic mass is 9.92. The summed E-state index contributed by atoms with van der Waals surface area (Å²) in [6.07, 6.45) is 1.88. The van der Waals surface area contributed by atoms with Gasteiger partial charge in [0.2, 0.25) is 0 Å². The number of nitrogens with one attached hydrogen (secondary N) is 1. The van der Waals surface area contributed by atoms with Crippen molar-refractivity contribution in [2.24, 2.45) is 13.0 Å². The predicted molar refractivity (Wildman–Crippen MR) is 76.8 cm³/mol. The highest BCUT2D eigenvalue weighted by Gasteiger charge is 2.18. The van der Waals surface area contributed by atoms with Crippen molar-refractivity contribution in [3.05, 3.63) is 40.3 Å². The van der Waals surface area contributed by atoms with E-state index in [1.54, 1.807) is 11.3 Å². The first-order chi connectivity index (χ1) is 8.68. The third-order valence-corrected chi connectivity index (χ3v) is 4.05. The second kappa shape index (κ2) is 6.16. The van der Waals surface area contributed by atoms with Crippen molar-refractivity contribution < 1.29 is 0 Å². The standard InChI is InChI=1S/C14H21N3S/c1-11(2)13(14-4-6-16-17(14)3)9-15-8-12-5-7-18-10-12/h4-7,10-11,13,15H,8-9H2,1-3H3. The van der Waals surface area contributed by atoms with Crippen LogP contribution in [0.25, 0.3) is 0 Å². The fourth-order valence-electron chi connectivity index (χ4n) is 2.19. The summed E-state index contributed by atoms with van der Waals surface area (Å²) in [6.45, 7) is 6.48. The van der Waals surface area contributed by atoms with E-state index in [9.17, 15) is 0 Å². The largest absolute Gasteiger partial charge is 0.312 e. The van der Waals surface area contributed by atoms with Crippen LogP contribution in [0, 0.1) is 5.92 Å². The molecular formula is C14H21N3S. The molecule has 0 aliphatic rings. The molecule has 18 heavy (non-hydrogen) atoms. The Labute approximate surface area is 113 Å². The van der Waals surface area contributed by atoms with E-state index < -0.39 is 0 Å². The molecule has 0 amide bonds. The molecule has 1 N–H and O–H groups in total. The molecule has 0 fully saturated rings. The molecule has 1 atom stereocenters. The average Bonchev–Trinajstić information content (AvgIpc) is 2.96. The summed E-state index contributed by atoms with van der Waals surface area (Å²) in [7, 11) is 2.02. The van der Waals surface area contributed by atoms with E-state index in [1.165, 1.54) is 11.3 Å². The average molecular weight is 263 g/mol. The first-order valence-corrected chi connectivity index (χ1v) is 7.32. The van der Waals surface area contributed by atoms with Crippen LogP contribution in [-0.4, -0.2) is 16.3 Å². The molecule has 2 aromatic rings. The number of aromatic nitrogens is 2. The Balaban J connectivity index is 1.93. The molecule has 2 heterocycles. The van der Waals surface area contributed by atoms with Crippen LogP contribution in [0.4, 0.5) is 0 Å². The fourth-order valence-corrected chi connectivity index (χ4v) is 2.86. The molecule has 0 saturated heterocycles. The van der Waals surface area contributed by atoms with Crippen molar-refractivity contribution in [1.82, 2.24) is 15.1 Å². The van der Waals surface area contributed by atoms with Crippen molar-refractivity contribution in [2.45, 2.75) is 26.3 Å².